The van der Waals surface area contributed by atoms with Crippen LogP contribution in [-0.4, -0.2) is 159 Å². The summed E-state index contributed by atoms with van der Waals surface area (Å²) in [6.45, 7) is 3.01. The Balaban J connectivity index is 0.000000495. The smallest absolute Gasteiger partial charge is 0.323 e. The van der Waals surface area contributed by atoms with Gasteiger partial charge in [0.05, 0.1) is 27.8 Å². The fourth-order valence-electron chi connectivity index (χ4n) is 10.8. The molecule has 560 valence electrons. The van der Waals surface area contributed by atoms with Crippen LogP contribution in [0.5, 0.6) is 11.5 Å². The van der Waals surface area contributed by atoms with E-state index in [0.29, 0.717) is 53.3 Å². The number of ether oxygens (including phenoxy) is 2. The molecule has 1 saturated heterocycles. The largest absolute Gasteiger partial charge is 0.508 e. The third-order valence-corrected chi connectivity index (χ3v) is 21.2. The standard InChI is InChI=1S/C51H40N6O23S6.C15H16O6/c1-25-9-11-29(49(60)54-37-13-15-41(83(69,70)71)35-21-33(81(63,64)65)23-43(45(35)37)85(75,76)77)19-39(25)56-47(58)27-5-3-7-31(17-27)52-51(62)53-32-8-4-6-28(18-32)48(59)57-40-20-30(12-10-26(40)2)50(61)55-38-14-16-42(84(72,73)74)36-22-34(82(66,67)68)24-44(46(36)38)86(78,79)80;16-10-3-1-9-6-11(4-2-8(9)5-10)21-15-14(19)13(18)12(17)7-20-15/h3-24H,1-2H3,(H,54,60)(H,55,61)(H,56,58)(H,57,59)(H2,52,53,62)(H,63,64,65)(H,66,67,68)(H,69,70,71)(H,72,73,74)(H,75,76,77)(H,78,79,80);1-6,12-19H,7H2/t;12-,13+,14-,15+/m.1/s1. The summed E-state index contributed by atoms with van der Waals surface area (Å²) in [5.41, 5.74) is -0.385. The zero-order chi connectivity index (χ0) is 78.4. The van der Waals surface area contributed by atoms with Crippen molar-refractivity contribution in [2.75, 3.05) is 38.5 Å². The zero-order valence-electron chi connectivity index (χ0n) is 54.4. The van der Waals surface area contributed by atoms with Gasteiger partial charge in [0, 0.05) is 66.5 Å². The number of hydrogen-bond acceptors (Lipinski definition) is 23. The van der Waals surface area contributed by atoms with Gasteiger partial charge in [0.25, 0.3) is 84.3 Å². The van der Waals surface area contributed by atoms with Gasteiger partial charge in [0.1, 0.15) is 49.4 Å². The number of aryl methyl sites for hydroxylation is 2. The number of rotatable bonds is 18. The molecule has 107 heavy (non-hydrogen) atoms. The van der Waals surface area contributed by atoms with E-state index in [4.69, 9.17) is 9.47 Å². The van der Waals surface area contributed by atoms with E-state index >= 15 is 0 Å². The van der Waals surface area contributed by atoms with Crippen LogP contribution in [0.25, 0.3) is 32.3 Å². The molecular formula is C66H56N6O29S6. The van der Waals surface area contributed by atoms with Gasteiger partial charge in [-0.15, -0.1) is 0 Å². The molecule has 0 aliphatic carbocycles. The van der Waals surface area contributed by atoms with Crippen LogP contribution < -0.4 is 36.6 Å². The highest BCUT2D eigenvalue weighted by molar-refractivity contribution is 7.88. The first kappa shape index (κ1) is 78.6. The highest BCUT2D eigenvalue weighted by atomic mass is 32.2. The van der Waals surface area contributed by atoms with Gasteiger partial charge in [-0.1, -0.05) is 36.4 Å². The Hall–Kier alpha value is -11.0. The highest BCUT2D eigenvalue weighted by Gasteiger charge is 2.39. The zero-order valence-corrected chi connectivity index (χ0v) is 59.3. The summed E-state index contributed by atoms with van der Waals surface area (Å²) in [7, 11) is -31.9. The van der Waals surface area contributed by atoms with E-state index in [1.165, 1.54) is 84.9 Å². The van der Waals surface area contributed by atoms with Crippen LogP contribution in [0.4, 0.5) is 38.9 Å². The normalized spacial score (nSPS) is 15.7. The topological polar surface area (TPSA) is 583 Å². The number of phenols is 1. The molecule has 6 amide bonds. The molecule has 10 aromatic carbocycles. The molecule has 0 radical (unpaired) electrons. The second-order valence-electron chi connectivity index (χ2n) is 23.4. The number of anilines is 6. The average molecular weight is 1590 g/mol. The Bertz CT molecular complexity index is 5810. The summed E-state index contributed by atoms with van der Waals surface area (Å²) in [6, 6.07) is 32.7. The first-order valence-electron chi connectivity index (χ1n) is 30.2. The number of amides is 6. The molecule has 1 aliphatic heterocycles. The number of fused-ring (bicyclic) bond motifs is 3. The molecule has 1 aliphatic rings. The minimum Gasteiger partial charge on any atom is -0.508 e. The lowest BCUT2D eigenvalue weighted by Gasteiger charge is -2.34. The predicted molar refractivity (Wildman–Crippen MR) is 380 cm³/mol. The van der Waals surface area contributed by atoms with Crippen molar-refractivity contribution >= 4 is 157 Å². The van der Waals surface area contributed by atoms with Gasteiger partial charge in [0.15, 0.2) is 0 Å². The maximum absolute atomic E-state index is 13.7. The van der Waals surface area contributed by atoms with E-state index < -0.39 is 177 Å². The lowest BCUT2D eigenvalue weighted by atomic mass is 10.1. The molecule has 0 unspecified atom stereocenters. The van der Waals surface area contributed by atoms with Gasteiger partial charge in [-0.25, -0.2) is 4.79 Å². The molecule has 10 aromatic rings. The van der Waals surface area contributed by atoms with Crippen LogP contribution in [0.15, 0.2) is 199 Å². The van der Waals surface area contributed by atoms with E-state index in [0.717, 1.165) is 22.9 Å². The third kappa shape index (κ3) is 18.3. The van der Waals surface area contributed by atoms with E-state index in [1.54, 1.807) is 50.2 Å². The summed E-state index contributed by atoms with van der Waals surface area (Å²) in [6.07, 6.45) is -4.80. The Morgan fingerprint density at radius 1 is 0.393 bits per heavy atom. The summed E-state index contributed by atoms with van der Waals surface area (Å²) < 4.78 is 217. The average Bonchev–Trinajstić information content (AvgIpc) is 0.744. The summed E-state index contributed by atoms with van der Waals surface area (Å²) in [5.74, 6) is -2.92. The number of urea groups is 1. The molecule has 1 heterocycles. The molecular weight excluding hydrogens is 1530 g/mol. The first-order valence-corrected chi connectivity index (χ1v) is 38.8. The van der Waals surface area contributed by atoms with Crippen molar-refractivity contribution in [1.29, 1.82) is 0 Å². The molecule has 0 spiro atoms. The number of benzene rings is 10. The molecule has 4 atom stereocenters. The van der Waals surface area contributed by atoms with Gasteiger partial charge >= 0.3 is 6.03 Å². The molecule has 0 bridgehead atoms. The lowest BCUT2D eigenvalue weighted by molar-refractivity contribution is -0.242. The van der Waals surface area contributed by atoms with Gasteiger partial charge in [-0.2, -0.15) is 50.5 Å². The van der Waals surface area contributed by atoms with Gasteiger partial charge in [0.2, 0.25) is 6.29 Å². The van der Waals surface area contributed by atoms with E-state index in [2.05, 4.69) is 31.9 Å². The lowest BCUT2D eigenvalue weighted by Crippen LogP contribution is -2.54. The minimum absolute atomic E-state index is 0.0223. The first-order chi connectivity index (χ1) is 49.8. The highest BCUT2D eigenvalue weighted by Crippen LogP contribution is 2.40. The summed E-state index contributed by atoms with van der Waals surface area (Å²) >= 11 is 0. The number of aromatic hydroxyl groups is 1. The van der Waals surface area contributed by atoms with Crippen molar-refractivity contribution in [1.82, 2.24) is 0 Å². The SMILES string of the molecule is Cc1ccc(C(=O)Nc2ccc(S(=O)(=O)O)c3cc(S(=O)(=O)O)cc(S(=O)(=O)O)c23)cc1NC(=O)c1cccc(NC(=O)Nc2cccc(C(=O)Nc3cc(C(=O)Nc4ccc(S(=O)(=O)O)c5cc(S(=O)(=O)O)cc(S(=O)(=O)O)c45)ccc3C)c2)c1.Oc1ccc2cc(O[C@@H]3OC[C@@H](O)[C@H](O)[C@H]3O)ccc2c1. The van der Waals surface area contributed by atoms with Crippen molar-refractivity contribution < 1.29 is 132 Å². The maximum Gasteiger partial charge on any atom is 0.323 e. The molecule has 11 rings (SSSR count). The molecule has 0 aromatic heterocycles. The number of carbonyl (C=O) groups excluding carboxylic acids is 5. The predicted octanol–water partition coefficient (Wildman–Crippen LogP) is 7.11. The van der Waals surface area contributed by atoms with Crippen LogP contribution in [0.3, 0.4) is 0 Å². The van der Waals surface area contributed by atoms with E-state index in [1.807, 2.05) is 0 Å². The van der Waals surface area contributed by atoms with Crippen molar-refractivity contribution in [3.63, 3.8) is 0 Å². The van der Waals surface area contributed by atoms with Crippen LogP contribution >= 0.6 is 0 Å². The third-order valence-electron chi connectivity index (χ3n) is 16.0. The molecule has 1 fully saturated rings. The van der Waals surface area contributed by atoms with Crippen molar-refractivity contribution in [2.45, 2.75) is 67.8 Å². The van der Waals surface area contributed by atoms with Crippen molar-refractivity contribution in [3.8, 4) is 11.5 Å². The fourth-order valence-corrected chi connectivity index (χ4v) is 14.9. The molecule has 35 nitrogen and oxygen atoms in total. The van der Waals surface area contributed by atoms with E-state index in [-0.39, 0.29) is 57.4 Å². The van der Waals surface area contributed by atoms with Gasteiger partial charge in [-0.05, 0) is 169 Å². The number of nitrogens with one attached hydrogen (secondary N) is 6. The van der Waals surface area contributed by atoms with Gasteiger partial charge in [-0.3, -0.25) is 46.5 Å². The van der Waals surface area contributed by atoms with Crippen LogP contribution in [0, 0.1) is 13.8 Å². The van der Waals surface area contributed by atoms with Crippen molar-refractivity contribution in [3.05, 3.63) is 203 Å². The minimum atomic E-state index is -5.45. The number of aliphatic hydroxyl groups is 3. The summed E-state index contributed by atoms with van der Waals surface area (Å²) in [5, 5.41) is 51.7. The molecule has 0 saturated carbocycles. The maximum atomic E-state index is 13.7. The number of carbonyl (C=O) groups is 5. The monoisotopic (exact) mass is 1590 g/mol. The van der Waals surface area contributed by atoms with E-state index in [9.17, 15) is 122 Å². The van der Waals surface area contributed by atoms with Crippen molar-refractivity contribution in [2.24, 2.45) is 0 Å². The second-order valence-corrected chi connectivity index (χ2v) is 31.8. The number of hydrogen-bond donors (Lipinski definition) is 16. The fraction of sp³-hybridized carbons (Fsp3) is 0.106. The number of aliphatic hydroxyl groups excluding tert-OH is 3. The Morgan fingerprint density at radius 2 is 0.785 bits per heavy atom. The van der Waals surface area contributed by atoms with Crippen LogP contribution in [-0.2, 0) is 65.4 Å². The molecule has 16 N–H and O–H groups in total. The summed E-state index contributed by atoms with van der Waals surface area (Å²) in [4.78, 5) is 60.8. The number of phenolic OH excluding ortho intramolecular Hbond substituents is 1. The Labute approximate surface area is 605 Å². The van der Waals surface area contributed by atoms with Gasteiger partial charge < -0.3 is 61.8 Å². The Kier molecular flexibility index (Phi) is 22.1. The Morgan fingerprint density at radius 3 is 1.20 bits per heavy atom. The quantitative estimate of drug-likeness (QED) is 0.0380. The van der Waals surface area contributed by atoms with Crippen LogP contribution in [0.1, 0.15) is 52.6 Å². The second kappa shape index (κ2) is 30.1. The molecule has 41 heteroatoms. The van der Waals surface area contributed by atoms with Crippen LogP contribution in [0.2, 0.25) is 0 Å².